The van der Waals surface area contributed by atoms with Crippen LogP contribution in [0.5, 0.6) is 0 Å². The van der Waals surface area contributed by atoms with Gasteiger partial charge in [0.1, 0.15) is 0 Å². The Bertz CT molecular complexity index is 167. The standard InChI is InChI=1S/C13H27NO2/c1-3-11-4-6-12(7-5-11)13(15)10-14-8-9-16-2/h11-15H,3-10H2,1-2H3. The highest BCUT2D eigenvalue weighted by molar-refractivity contribution is 4.78. The van der Waals surface area contributed by atoms with Gasteiger partial charge in [-0.25, -0.2) is 0 Å². The third kappa shape index (κ3) is 4.81. The molecule has 1 fully saturated rings. The molecule has 0 aromatic heterocycles. The van der Waals surface area contributed by atoms with E-state index in [9.17, 15) is 5.11 Å². The van der Waals surface area contributed by atoms with Crippen molar-refractivity contribution >= 4 is 0 Å². The molecule has 1 aliphatic rings. The van der Waals surface area contributed by atoms with Crippen molar-refractivity contribution in [3.05, 3.63) is 0 Å². The molecule has 1 aliphatic carbocycles. The molecule has 0 radical (unpaired) electrons. The lowest BCUT2D eigenvalue weighted by atomic mass is 9.78. The Hall–Kier alpha value is -0.120. The first-order valence-corrected chi connectivity index (χ1v) is 6.65. The zero-order chi connectivity index (χ0) is 11.8. The Labute approximate surface area is 99.6 Å². The van der Waals surface area contributed by atoms with Crippen LogP contribution in [0.2, 0.25) is 0 Å². The van der Waals surface area contributed by atoms with E-state index < -0.39 is 0 Å². The number of aliphatic hydroxyl groups is 1. The van der Waals surface area contributed by atoms with Gasteiger partial charge in [-0.05, 0) is 24.7 Å². The minimum Gasteiger partial charge on any atom is -0.392 e. The number of nitrogens with one attached hydrogen (secondary N) is 1. The van der Waals surface area contributed by atoms with Gasteiger partial charge >= 0.3 is 0 Å². The monoisotopic (exact) mass is 229 g/mol. The minimum atomic E-state index is -0.172. The quantitative estimate of drug-likeness (QED) is 0.654. The Kier molecular flexibility index (Phi) is 7.01. The van der Waals surface area contributed by atoms with Gasteiger partial charge in [-0.1, -0.05) is 26.2 Å². The van der Waals surface area contributed by atoms with Crippen LogP contribution in [0.15, 0.2) is 0 Å². The zero-order valence-corrected chi connectivity index (χ0v) is 10.7. The van der Waals surface area contributed by atoms with E-state index in [1.54, 1.807) is 7.11 Å². The van der Waals surface area contributed by atoms with Crippen LogP contribution in [0.3, 0.4) is 0 Å². The lowest BCUT2D eigenvalue weighted by Gasteiger charge is -2.31. The van der Waals surface area contributed by atoms with Gasteiger partial charge in [0.2, 0.25) is 0 Å². The van der Waals surface area contributed by atoms with E-state index in [-0.39, 0.29) is 6.10 Å². The SMILES string of the molecule is CCC1CCC(C(O)CNCCOC)CC1. The van der Waals surface area contributed by atoms with E-state index in [1.165, 1.54) is 32.1 Å². The van der Waals surface area contributed by atoms with E-state index in [1.807, 2.05) is 0 Å². The number of hydrogen-bond acceptors (Lipinski definition) is 3. The van der Waals surface area contributed by atoms with Crippen molar-refractivity contribution in [2.24, 2.45) is 11.8 Å². The molecule has 2 N–H and O–H groups in total. The summed E-state index contributed by atoms with van der Waals surface area (Å²) in [6, 6.07) is 0. The third-order valence-corrected chi connectivity index (χ3v) is 3.85. The van der Waals surface area contributed by atoms with Crippen molar-refractivity contribution in [3.8, 4) is 0 Å². The maximum Gasteiger partial charge on any atom is 0.0692 e. The first-order chi connectivity index (χ1) is 7.77. The van der Waals surface area contributed by atoms with Gasteiger partial charge in [0.25, 0.3) is 0 Å². The van der Waals surface area contributed by atoms with E-state index in [4.69, 9.17) is 4.74 Å². The molecule has 0 saturated heterocycles. The van der Waals surface area contributed by atoms with Crippen LogP contribution in [0.1, 0.15) is 39.0 Å². The van der Waals surface area contributed by atoms with Crippen LogP contribution in [0.25, 0.3) is 0 Å². The van der Waals surface area contributed by atoms with Gasteiger partial charge in [-0.3, -0.25) is 0 Å². The lowest BCUT2D eigenvalue weighted by Crippen LogP contribution is -2.36. The van der Waals surface area contributed by atoms with Crippen molar-refractivity contribution in [2.75, 3.05) is 26.8 Å². The number of methoxy groups -OCH3 is 1. The number of aliphatic hydroxyl groups excluding tert-OH is 1. The molecule has 1 unspecified atom stereocenters. The summed E-state index contributed by atoms with van der Waals surface area (Å²) in [5, 5.41) is 13.3. The largest absolute Gasteiger partial charge is 0.392 e. The molecule has 0 heterocycles. The average molecular weight is 229 g/mol. The van der Waals surface area contributed by atoms with Crippen molar-refractivity contribution in [1.29, 1.82) is 0 Å². The van der Waals surface area contributed by atoms with Gasteiger partial charge in [0.05, 0.1) is 12.7 Å². The molecule has 1 atom stereocenters. The summed E-state index contributed by atoms with van der Waals surface area (Å²) in [6.07, 6.45) is 6.13. The van der Waals surface area contributed by atoms with Crippen molar-refractivity contribution < 1.29 is 9.84 Å². The highest BCUT2D eigenvalue weighted by Gasteiger charge is 2.25. The summed E-state index contributed by atoms with van der Waals surface area (Å²) in [6.45, 7) is 4.53. The summed E-state index contributed by atoms with van der Waals surface area (Å²) in [5.41, 5.74) is 0. The Morgan fingerprint density at radius 1 is 1.31 bits per heavy atom. The van der Waals surface area contributed by atoms with Gasteiger partial charge < -0.3 is 15.2 Å². The molecule has 0 amide bonds. The number of rotatable bonds is 7. The van der Waals surface area contributed by atoms with Crippen molar-refractivity contribution in [1.82, 2.24) is 5.32 Å². The smallest absolute Gasteiger partial charge is 0.0692 e. The lowest BCUT2D eigenvalue weighted by molar-refractivity contribution is 0.0711. The summed E-state index contributed by atoms with van der Waals surface area (Å²) in [4.78, 5) is 0. The molecule has 0 aromatic rings. The topological polar surface area (TPSA) is 41.5 Å². The Morgan fingerprint density at radius 2 is 2.00 bits per heavy atom. The second-order valence-corrected chi connectivity index (χ2v) is 4.95. The van der Waals surface area contributed by atoms with Crippen LogP contribution in [-0.2, 0) is 4.74 Å². The average Bonchev–Trinajstić information content (AvgIpc) is 2.34. The van der Waals surface area contributed by atoms with Gasteiger partial charge in [-0.2, -0.15) is 0 Å². The van der Waals surface area contributed by atoms with Crippen LogP contribution in [0.4, 0.5) is 0 Å². The van der Waals surface area contributed by atoms with Gasteiger partial charge in [0.15, 0.2) is 0 Å². The Morgan fingerprint density at radius 3 is 2.56 bits per heavy atom. The molecule has 1 rings (SSSR count). The second-order valence-electron chi connectivity index (χ2n) is 4.95. The van der Waals surface area contributed by atoms with Crippen LogP contribution in [0, 0.1) is 11.8 Å². The highest BCUT2D eigenvalue weighted by Crippen LogP contribution is 2.32. The second kappa shape index (κ2) is 8.04. The van der Waals surface area contributed by atoms with Gasteiger partial charge in [0, 0.05) is 20.2 Å². The first-order valence-electron chi connectivity index (χ1n) is 6.65. The minimum absolute atomic E-state index is 0.172. The number of ether oxygens (including phenoxy) is 1. The van der Waals surface area contributed by atoms with E-state index in [0.29, 0.717) is 12.5 Å². The summed E-state index contributed by atoms with van der Waals surface area (Å²) >= 11 is 0. The zero-order valence-electron chi connectivity index (χ0n) is 10.7. The molecule has 0 aliphatic heterocycles. The first kappa shape index (κ1) is 13.9. The molecule has 3 nitrogen and oxygen atoms in total. The Balaban J connectivity index is 2.10. The maximum absolute atomic E-state index is 10.0. The number of hydrogen-bond donors (Lipinski definition) is 2. The normalized spacial score (nSPS) is 27.9. The van der Waals surface area contributed by atoms with Crippen molar-refractivity contribution in [3.63, 3.8) is 0 Å². The summed E-state index contributed by atoms with van der Waals surface area (Å²) in [5.74, 6) is 1.42. The predicted molar refractivity (Wildman–Crippen MR) is 66.5 cm³/mol. The third-order valence-electron chi connectivity index (χ3n) is 3.85. The summed E-state index contributed by atoms with van der Waals surface area (Å²) in [7, 11) is 1.70. The van der Waals surface area contributed by atoms with E-state index in [0.717, 1.165) is 19.1 Å². The fourth-order valence-corrected chi connectivity index (χ4v) is 2.57. The maximum atomic E-state index is 10.0. The molecule has 1 saturated carbocycles. The molecule has 0 spiro atoms. The van der Waals surface area contributed by atoms with Gasteiger partial charge in [-0.15, -0.1) is 0 Å². The molecule has 3 heteroatoms. The summed E-state index contributed by atoms with van der Waals surface area (Å²) < 4.78 is 4.95. The van der Waals surface area contributed by atoms with E-state index in [2.05, 4.69) is 12.2 Å². The molecular weight excluding hydrogens is 202 g/mol. The molecule has 0 aromatic carbocycles. The van der Waals surface area contributed by atoms with Crippen LogP contribution < -0.4 is 5.32 Å². The van der Waals surface area contributed by atoms with Crippen LogP contribution in [-0.4, -0.2) is 38.0 Å². The molecule has 96 valence electrons. The molecule has 0 bridgehead atoms. The molecular formula is C13H27NO2. The highest BCUT2D eigenvalue weighted by atomic mass is 16.5. The fourth-order valence-electron chi connectivity index (χ4n) is 2.57. The van der Waals surface area contributed by atoms with Crippen molar-refractivity contribution in [2.45, 2.75) is 45.1 Å². The predicted octanol–water partition coefficient (Wildman–Crippen LogP) is 1.80. The molecule has 16 heavy (non-hydrogen) atoms. The fraction of sp³-hybridized carbons (Fsp3) is 1.00. The van der Waals surface area contributed by atoms with E-state index >= 15 is 0 Å². The van der Waals surface area contributed by atoms with Crippen LogP contribution >= 0.6 is 0 Å².